The topological polar surface area (TPSA) is 6.48 Å². The van der Waals surface area contributed by atoms with Gasteiger partial charge in [0.25, 0.3) is 0 Å². The molecule has 3 saturated heterocycles. The molecular weight excluding hydrogens is 184 g/mol. The van der Waals surface area contributed by atoms with Crippen molar-refractivity contribution in [1.29, 1.82) is 0 Å². The van der Waals surface area contributed by atoms with Gasteiger partial charge in [0.15, 0.2) is 0 Å². The molecule has 0 N–H and O–H groups in total. The number of likely N-dealkylation sites (N-methyl/N-ethyl adjacent to an activating group) is 1. The molecule has 3 aliphatic rings. The molecule has 0 aromatic heterocycles. The molecule has 2 atom stereocenters. The molecule has 3 aliphatic heterocycles. The van der Waals surface area contributed by atoms with Crippen LogP contribution in [0.1, 0.15) is 12.0 Å². The summed E-state index contributed by atoms with van der Waals surface area (Å²) >= 11 is 0. The molecule has 1 aromatic carbocycles. The summed E-state index contributed by atoms with van der Waals surface area (Å²) in [6.45, 7) is 3.63. The lowest BCUT2D eigenvalue weighted by Gasteiger charge is -2.55. The Morgan fingerprint density at radius 3 is 2.40 bits per heavy atom. The summed E-state index contributed by atoms with van der Waals surface area (Å²) in [5.41, 5.74) is 1.45. The summed E-state index contributed by atoms with van der Waals surface area (Å²) in [7, 11) is 2.26. The fourth-order valence-electron chi connectivity index (χ4n) is 2.85. The maximum Gasteiger partial charge on any atom is 0.0239 e. The Bertz CT molecular complexity index is 324. The molecule has 3 fully saturated rings. The lowest BCUT2D eigenvalue weighted by molar-refractivity contribution is -0.0532. The smallest absolute Gasteiger partial charge is 0.0239 e. The molecule has 2 unspecified atom stereocenters. The Labute approximate surface area is 91.5 Å². The number of hydrogen-bond donors (Lipinski definition) is 0. The number of rotatable bonds is 2. The second-order valence-electron chi connectivity index (χ2n) is 4.89. The van der Waals surface area contributed by atoms with Gasteiger partial charge in [0, 0.05) is 31.7 Å². The molecule has 2 bridgehead atoms. The molecule has 0 radical (unpaired) electrons. The first-order valence-corrected chi connectivity index (χ1v) is 5.81. The van der Waals surface area contributed by atoms with E-state index >= 15 is 0 Å². The fraction of sp³-hybridized carbons (Fsp3) is 0.538. The summed E-state index contributed by atoms with van der Waals surface area (Å²) in [5.74, 6) is 0. The van der Waals surface area contributed by atoms with Crippen LogP contribution in [0, 0.1) is 0 Å². The van der Waals surface area contributed by atoms with Gasteiger partial charge in [-0.1, -0.05) is 30.3 Å². The van der Waals surface area contributed by atoms with Crippen LogP contribution in [0.15, 0.2) is 30.3 Å². The second kappa shape index (κ2) is 3.62. The molecule has 15 heavy (non-hydrogen) atoms. The van der Waals surface area contributed by atoms with Gasteiger partial charge in [-0.25, -0.2) is 0 Å². The Hall–Kier alpha value is -0.860. The number of hydrogen-bond acceptors (Lipinski definition) is 2. The molecule has 2 heteroatoms. The van der Waals surface area contributed by atoms with E-state index in [1.165, 1.54) is 25.1 Å². The van der Waals surface area contributed by atoms with Crippen molar-refractivity contribution in [2.75, 3.05) is 20.1 Å². The third-order valence-corrected chi connectivity index (χ3v) is 3.88. The maximum absolute atomic E-state index is 2.59. The van der Waals surface area contributed by atoms with Crippen LogP contribution in [-0.4, -0.2) is 42.0 Å². The number of benzene rings is 1. The maximum atomic E-state index is 2.59. The highest BCUT2D eigenvalue weighted by Gasteiger charge is 2.41. The SMILES string of the molecule is CN1C2CC1CN(Cc1ccccc1)C2. The standard InChI is InChI=1S/C13H18N2/c1-14-12-7-13(14)10-15(9-12)8-11-5-3-2-4-6-11/h2-6,12-13H,7-10H2,1H3. The lowest BCUT2D eigenvalue weighted by Crippen LogP contribution is -2.66. The van der Waals surface area contributed by atoms with E-state index in [2.05, 4.69) is 47.2 Å². The van der Waals surface area contributed by atoms with E-state index in [1.807, 2.05) is 0 Å². The van der Waals surface area contributed by atoms with E-state index < -0.39 is 0 Å². The van der Waals surface area contributed by atoms with Crippen molar-refractivity contribution in [3.05, 3.63) is 35.9 Å². The molecule has 0 aliphatic carbocycles. The van der Waals surface area contributed by atoms with E-state index in [9.17, 15) is 0 Å². The summed E-state index contributed by atoms with van der Waals surface area (Å²) in [6, 6.07) is 12.5. The predicted octanol–water partition coefficient (Wildman–Crippen LogP) is 1.57. The molecule has 80 valence electrons. The molecule has 2 nitrogen and oxygen atoms in total. The number of nitrogens with zero attached hydrogens (tertiary/aromatic N) is 2. The monoisotopic (exact) mass is 202 g/mol. The second-order valence-corrected chi connectivity index (χ2v) is 4.89. The summed E-state index contributed by atoms with van der Waals surface area (Å²) < 4.78 is 0. The zero-order chi connectivity index (χ0) is 10.3. The van der Waals surface area contributed by atoms with Crippen molar-refractivity contribution in [3.8, 4) is 0 Å². The van der Waals surface area contributed by atoms with Crippen LogP contribution >= 0.6 is 0 Å². The van der Waals surface area contributed by atoms with Gasteiger partial charge in [0.2, 0.25) is 0 Å². The van der Waals surface area contributed by atoms with Gasteiger partial charge >= 0.3 is 0 Å². The summed E-state index contributed by atoms with van der Waals surface area (Å²) in [6.07, 6.45) is 1.42. The van der Waals surface area contributed by atoms with Gasteiger partial charge < -0.3 is 0 Å². The molecule has 0 saturated carbocycles. The summed E-state index contributed by atoms with van der Waals surface area (Å²) in [4.78, 5) is 5.12. The van der Waals surface area contributed by atoms with Gasteiger partial charge in [-0.05, 0) is 19.0 Å². The fourth-order valence-corrected chi connectivity index (χ4v) is 2.85. The van der Waals surface area contributed by atoms with Crippen LogP contribution in [0.2, 0.25) is 0 Å². The molecule has 4 rings (SSSR count). The van der Waals surface area contributed by atoms with E-state index in [4.69, 9.17) is 0 Å². The first kappa shape index (κ1) is 9.37. The molecule has 1 aromatic rings. The van der Waals surface area contributed by atoms with Gasteiger partial charge in [-0.15, -0.1) is 0 Å². The van der Waals surface area contributed by atoms with Gasteiger partial charge in [0.05, 0.1) is 0 Å². The minimum Gasteiger partial charge on any atom is -0.298 e. The highest BCUT2D eigenvalue weighted by Crippen LogP contribution is 2.30. The summed E-state index contributed by atoms with van der Waals surface area (Å²) in [5, 5.41) is 0. The average molecular weight is 202 g/mol. The third-order valence-electron chi connectivity index (χ3n) is 3.88. The van der Waals surface area contributed by atoms with Crippen LogP contribution in [0.4, 0.5) is 0 Å². The van der Waals surface area contributed by atoms with Gasteiger partial charge in [0.1, 0.15) is 0 Å². The Kier molecular flexibility index (Phi) is 2.26. The predicted molar refractivity (Wildman–Crippen MR) is 61.7 cm³/mol. The zero-order valence-corrected chi connectivity index (χ0v) is 9.26. The van der Waals surface area contributed by atoms with Crippen LogP contribution in [0.5, 0.6) is 0 Å². The van der Waals surface area contributed by atoms with Crippen molar-refractivity contribution >= 4 is 0 Å². The first-order valence-electron chi connectivity index (χ1n) is 5.81. The van der Waals surface area contributed by atoms with Crippen LogP contribution < -0.4 is 0 Å². The van der Waals surface area contributed by atoms with Crippen LogP contribution in [0.25, 0.3) is 0 Å². The Morgan fingerprint density at radius 2 is 1.80 bits per heavy atom. The minimum atomic E-state index is 0.826. The van der Waals surface area contributed by atoms with Crippen molar-refractivity contribution in [2.24, 2.45) is 0 Å². The highest BCUT2D eigenvalue weighted by atomic mass is 15.3. The molecule has 3 heterocycles. The largest absolute Gasteiger partial charge is 0.298 e. The molecular formula is C13H18N2. The Morgan fingerprint density at radius 1 is 1.13 bits per heavy atom. The molecule has 0 spiro atoms. The average Bonchev–Trinajstić information content (AvgIpc) is 2.30. The minimum absolute atomic E-state index is 0.826. The van der Waals surface area contributed by atoms with Gasteiger partial charge in [-0.2, -0.15) is 0 Å². The Balaban J connectivity index is 1.62. The first-order chi connectivity index (χ1) is 7.33. The third kappa shape index (κ3) is 1.68. The van der Waals surface area contributed by atoms with Crippen molar-refractivity contribution in [2.45, 2.75) is 25.0 Å². The van der Waals surface area contributed by atoms with E-state index in [1.54, 1.807) is 0 Å². The quantitative estimate of drug-likeness (QED) is 0.718. The zero-order valence-electron chi connectivity index (χ0n) is 9.26. The lowest BCUT2D eigenvalue weighted by atomic mass is 9.88. The highest BCUT2D eigenvalue weighted by molar-refractivity contribution is 5.15. The normalized spacial score (nSPS) is 31.3. The van der Waals surface area contributed by atoms with E-state index in [0.717, 1.165) is 18.6 Å². The number of piperidine rings is 1. The number of fused-ring (bicyclic) bond motifs is 2. The number of piperazine rings is 1. The van der Waals surface area contributed by atoms with Crippen molar-refractivity contribution < 1.29 is 0 Å². The van der Waals surface area contributed by atoms with Crippen molar-refractivity contribution in [1.82, 2.24) is 9.80 Å². The van der Waals surface area contributed by atoms with Crippen molar-refractivity contribution in [3.63, 3.8) is 0 Å². The van der Waals surface area contributed by atoms with Gasteiger partial charge in [-0.3, -0.25) is 9.80 Å². The molecule has 0 amide bonds. The van der Waals surface area contributed by atoms with Crippen LogP contribution in [0.3, 0.4) is 0 Å². The van der Waals surface area contributed by atoms with E-state index in [-0.39, 0.29) is 0 Å². The van der Waals surface area contributed by atoms with E-state index in [0.29, 0.717) is 0 Å². The van der Waals surface area contributed by atoms with Crippen LogP contribution in [-0.2, 0) is 6.54 Å².